The Labute approximate surface area is 163 Å². The van der Waals surface area contributed by atoms with Crippen LogP contribution in [0.15, 0.2) is 40.4 Å². The molecule has 1 saturated heterocycles. The number of aliphatic carboxylic acids is 1. The molecule has 8 nitrogen and oxygen atoms in total. The van der Waals surface area contributed by atoms with E-state index < -0.39 is 34.3 Å². The smallest absolute Gasteiger partial charge is 0.352 e. The Morgan fingerprint density at radius 3 is 2.85 bits per heavy atom. The first-order chi connectivity index (χ1) is 12.8. The van der Waals surface area contributed by atoms with Gasteiger partial charge in [-0.1, -0.05) is 12.1 Å². The summed E-state index contributed by atoms with van der Waals surface area (Å²) in [7, 11) is 2.13. The number of amides is 2. The van der Waals surface area contributed by atoms with Crippen molar-refractivity contribution < 1.29 is 23.7 Å². The number of β-lactam (4-membered cyclic amide) rings is 1. The zero-order valence-corrected chi connectivity index (χ0v) is 16.4. The van der Waals surface area contributed by atoms with Crippen LogP contribution in [-0.4, -0.2) is 68.1 Å². The zero-order valence-electron chi connectivity index (χ0n) is 14.7. The van der Waals surface area contributed by atoms with Gasteiger partial charge in [-0.2, -0.15) is 0 Å². The van der Waals surface area contributed by atoms with E-state index in [9.17, 15) is 23.7 Å². The number of hydrogen-bond donors (Lipinski definition) is 2. The van der Waals surface area contributed by atoms with Gasteiger partial charge in [0.15, 0.2) is 0 Å². The van der Waals surface area contributed by atoms with Crippen molar-refractivity contribution in [1.29, 1.82) is 0 Å². The van der Waals surface area contributed by atoms with Gasteiger partial charge in [-0.15, -0.1) is 11.8 Å². The molecule has 0 radical (unpaired) electrons. The lowest BCUT2D eigenvalue weighted by molar-refractivity contribution is -0.149. The van der Waals surface area contributed by atoms with Gasteiger partial charge in [0.1, 0.15) is 28.1 Å². The summed E-state index contributed by atoms with van der Waals surface area (Å²) in [6.45, 7) is 0. The van der Waals surface area contributed by atoms with E-state index in [4.69, 9.17) is 0 Å². The first-order valence-electron chi connectivity index (χ1n) is 8.13. The van der Waals surface area contributed by atoms with Gasteiger partial charge in [-0.25, -0.2) is 13.3 Å². The minimum absolute atomic E-state index is 0.0214. The maximum absolute atomic E-state index is 12.3. The van der Waals surface area contributed by atoms with Crippen molar-refractivity contribution in [3.05, 3.63) is 41.1 Å². The number of nitrogens with one attached hydrogen (secondary N) is 1. The largest absolute Gasteiger partial charge is 0.477 e. The molecule has 2 aliphatic heterocycles. The Morgan fingerprint density at radius 2 is 2.22 bits per heavy atom. The molecule has 1 fully saturated rings. The molecule has 2 N–H and O–H groups in total. The molecule has 0 bridgehead atoms. The summed E-state index contributed by atoms with van der Waals surface area (Å²) < 4.78 is 13.8. The number of nitrogens with zero attached hydrogens (tertiary/aromatic N) is 2. The normalized spacial score (nSPS) is 22.9. The molecule has 2 amide bonds. The SMILES string of the molecule is CN(C)S(=O)c1cccc(CC2=C(C(=O)O)N3C(=O)C(NC=O)C3SC2)c1. The lowest BCUT2D eigenvalue weighted by atomic mass is 9.99. The van der Waals surface area contributed by atoms with Gasteiger partial charge in [0, 0.05) is 5.75 Å². The highest BCUT2D eigenvalue weighted by Gasteiger charge is 2.53. The standard InChI is InChI=1S/C17H19N3O5S2/c1-19(2)27(25)12-5-3-4-10(7-12)6-11-8-26-16-13(18-9-21)15(22)20(16)14(11)17(23)24/h3-5,7,9,13,16H,6,8H2,1-2H3,(H,18,21)(H,23,24). The van der Waals surface area contributed by atoms with E-state index in [2.05, 4.69) is 5.32 Å². The lowest BCUT2D eigenvalue weighted by Crippen LogP contribution is -2.69. The van der Waals surface area contributed by atoms with Crippen LogP contribution in [-0.2, 0) is 31.8 Å². The second kappa shape index (κ2) is 7.83. The number of carboxylic acids is 1. The molecule has 3 rings (SSSR count). The van der Waals surface area contributed by atoms with Gasteiger partial charge < -0.3 is 10.4 Å². The Morgan fingerprint density at radius 1 is 1.48 bits per heavy atom. The fraction of sp³-hybridized carbons (Fsp3) is 0.353. The molecule has 0 aliphatic carbocycles. The lowest BCUT2D eigenvalue weighted by Gasteiger charge is -2.49. The van der Waals surface area contributed by atoms with Crippen molar-refractivity contribution >= 4 is 41.0 Å². The molecular formula is C17H19N3O5S2. The number of thioether (sulfide) groups is 1. The van der Waals surface area contributed by atoms with Crippen molar-refractivity contribution in [1.82, 2.24) is 14.5 Å². The number of rotatable bonds is 7. The van der Waals surface area contributed by atoms with Gasteiger partial charge in [0.25, 0.3) is 5.91 Å². The second-order valence-corrected chi connectivity index (χ2v) is 9.12. The van der Waals surface area contributed by atoms with Gasteiger partial charge >= 0.3 is 5.97 Å². The van der Waals surface area contributed by atoms with Crippen LogP contribution in [0.25, 0.3) is 0 Å². The fourth-order valence-electron chi connectivity index (χ4n) is 3.13. The molecule has 1 aromatic rings. The molecule has 3 atom stereocenters. The van der Waals surface area contributed by atoms with Crippen LogP contribution in [0.4, 0.5) is 0 Å². The topological polar surface area (TPSA) is 107 Å². The van der Waals surface area contributed by atoms with E-state index >= 15 is 0 Å². The first-order valence-corrected chi connectivity index (χ1v) is 10.3. The summed E-state index contributed by atoms with van der Waals surface area (Å²) in [5.41, 5.74) is 1.42. The van der Waals surface area contributed by atoms with Crippen molar-refractivity contribution in [3.63, 3.8) is 0 Å². The van der Waals surface area contributed by atoms with E-state index in [1.165, 1.54) is 16.7 Å². The number of carboxylic acid groups (broad SMARTS) is 1. The van der Waals surface area contributed by atoms with Crippen molar-refractivity contribution in [2.75, 3.05) is 19.8 Å². The van der Waals surface area contributed by atoms with Crippen molar-refractivity contribution in [2.45, 2.75) is 22.7 Å². The fourth-order valence-corrected chi connectivity index (χ4v) is 5.36. The summed E-state index contributed by atoms with van der Waals surface area (Å²) in [6.07, 6.45) is 0.798. The Hall–Kier alpha value is -2.17. The summed E-state index contributed by atoms with van der Waals surface area (Å²) in [6, 6.07) is 6.48. The van der Waals surface area contributed by atoms with Gasteiger partial charge in [0.2, 0.25) is 6.41 Å². The monoisotopic (exact) mass is 409 g/mol. The molecule has 2 heterocycles. The van der Waals surface area contributed by atoms with Crippen LogP contribution in [0.2, 0.25) is 0 Å². The average Bonchev–Trinajstić information content (AvgIpc) is 2.65. The molecule has 0 spiro atoms. The Bertz CT molecular complexity index is 855. The molecule has 10 heteroatoms. The van der Waals surface area contributed by atoms with Crippen LogP contribution in [0.3, 0.4) is 0 Å². The van der Waals surface area contributed by atoms with E-state index in [1.807, 2.05) is 6.07 Å². The highest BCUT2D eigenvalue weighted by atomic mass is 32.2. The first kappa shape index (κ1) is 19.6. The molecular weight excluding hydrogens is 390 g/mol. The van der Waals surface area contributed by atoms with Crippen LogP contribution >= 0.6 is 11.8 Å². The summed E-state index contributed by atoms with van der Waals surface area (Å²) in [5, 5.41) is 11.7. The summed E-state index contributed by atoms with van der Waals surface area (Å²) in [5.74, 6) is -1.15. The van der Waals surface area contributed by atoms with E-state index in [0.29, 0.717) is 29.1 Å². The third-order valence-electron chi connectivity index (χ3n) is 4.35. The van der Waals surface area contributed by atoms with Gasteiger partial charge in [0.05, 0.1) is 4.90 Å². The highest BCUT2D eigenvalue weighted by molar-refractivity contribution is 8.00. The molecule has 144 valence electrons. The second-order valence-electron chi connectivity index (χ2n) is 6.32. The molecule has 0 aromatic heterocycles. The van der Waals surface area contributed by atoms with Crippen LogP contribution in [0.1, 0.15) is 5.56 Å². The predicted molar refractivity (Wildman–Crippen MR) is 101 cm³/mol. The predicted octanol–water partition coefficient (Wildman–Crippen LogP) is 0.182. The number of benzene rings is 1. The van der Waals surface area contributed by atoms with Crippen LogP contribution in [0.5, 0.6) is 0 Å². The molecule has 3 unspecified atom stereocenters. The molecule has 2 aliphatic rings. The Kier molecular flexibility index (Phi) is 5.68. The quantitative estimate of drug-likeness (QED) is 0.492. The number of carbonyl (C=O) groups excluding carboxylic acids is 2. The van der Waals surface area contributed by atoms with E-state index in [0.717, 1.165) is 5.56 Å². The third-order valence-corrected chi connectivity index (χ3v) is 7.01. The molecule has 1 aromatic carbocycles. The summed E-state index contributed by atoms with van der Waals surface area (Å²) in [4.78, 5) is 36.6. The highest BCUT2D eigenvalue weighted by Crippen LogP contribution is 2.41. The zero-order chi connectivity index (χ0) is 19.7. The molecule has 0 saturated carbocycles. The minimum Gasteiger partial charge on any atom is -0.477 e. The van der Waals surface area contributed by atoms with Crippen LogP contribution in [0, 0.1) is 0 Å². The maximum atomic E-state index is 12.3. The Balaban J connectivity index is 1.89. The van der Waals surface area contributed by atoms with Crippen molar-refractivity contribution in [3.8, 4) is 0 Å². The number of carbonyl (C=O) groups is 3. The van der Waals surface area contributed by atoms with Gasteiger partial charge in [-0.3, -0.25) is 14.5 Å². The number of hydrogen-bond acceptors (Lipinski definition) is 5. The number of fused-ring (bicyclic) bond motifs is 1. The maximum Gasteiger partial charge on any atom is 0.352 e. The van der Waals surface area contributed by atoms with Crippen molar-refractivity contribution in [2.24, 2.45) is 0 Å². The van der Waals surface area contributed by atoms with E-state index in [-0.39, 0.29) is 5.70 Å². The molecule has 27 heavy (non-hydrogen) atoms. The minimum atomic E-state index is -1.29. The summed E-state index contributed by atoms with van der Waals surface area (Å²) >= 11 is 1.42. The van der Waals surface area contributed by atoms with Crippen LogP contribution < -0.4 is 5.32 Å². The van der Waals surface area contributed by atoms with E-state index in [1.54, 1.807) is 36.6 Å². The third kappa shape index (κ3) is 3.64. The van der Waals surface area contributed by atoms with Gasteiger partial charge in [-0.05, 0) is 43.8 Å². The average molecular weight is 409 g/mol.